The number of hydrogen-bond donors (Lipinski definition) is 2. The molecule has 0 aromatic carbocycles. The smallest absolute Gasteiger partial charge is 0.234 e. The Balaban J connectivity index is 0.00000392. The van der Waals surface area contributed by atoms with Crippen LogP contribution in [0.3, 0.4) is 0 Å². The number of methoxy groups -OCH3 is 1. The first-order chi connectivity index (χ1) is 13.0. The van der Waals surface area contributed by atoms with Crippen molar-refractivity contribution in [2.45, 2.75) is 6.54 Å². The van der Waals surface area contributed by atoms with Crippen LogP contribution in [-0.4, -0.2) is 101 Å². The van der Waals surface area contributed by atoms with Crippen LogP contribution < -0.4 is 15.5 Å². The minimum absolute atomic E-state index is 0. The van der Waals surface area contributed by atoms with Crippen molar-refractivity contribution in [3.05, 3.63) is 11.1 Å². The Labute approximate surface area is 188 Å². The van der Waals surface area contributed by atoms with Crippen molar-refractivity contribution in [3.8, 4) is 0 Å². The Morgan fingerprint density at radius 2 is 2.04 bits per heavy atom. The number of ether oxygens (including phenoxy) is 1. The quantitative estimate of drug-likeness (QED) is 0.218. The topological polar surface area (TPSA) is 85.3 Å². The second-order valence-electron chi connectivity index (χ2n) is 6.52. The summed E-state index contributed by atoms with van der Waals surface area (Å²) in [6, 6.07) is 0. The van der Waals surface area contributed by atoms with Crippen LogP contribution in [0.5, 0.6) is 0 Å². The van der Waals surface area contributed by atoms with E-state index in [-0.39, 0.29) is 29.9 Å². The summed E-state index contributed by atoms with van der Waals surface area (Å²) in [4.78, 5) is 27.3. The molecule has 1 aromatic heterocycles. The molecule has 0 bridgehead atoms. The van der Waals surface area contributed by atoms with Crippen molar-refractivity contribution in [1.82, 2.24) is 25.4 Å². The second kappa shape index (κ2) is 13.1. The monoisotopic (exact) mass is 525 g/mol. The molecular weight excluding hydrogens is 493 g/mol. The fourth-order valence-corrected chi connectivity index (χ4v) is 3.51. The van der Waals surface area contributed by atoms with E-state index in [9.17, 15) is 4.79 Å². The molecule has 0 aliphatic carbocycles. The molecule has 160 valence electrons. The second-order valence-corrected chi connectivity index (χ2v) is 7.36. The summed E-state index contributed by atoms with van der Waals surface area (Å²) < 4.78 is 4.94. The van der Waals surface area contributed by atoms with Gasteiger partial charge in [-0.3, -0.25) is 14.7 Å². The van der Waals surface area contributed by atoms with Crippen LogP contribution in [0.25, 0.3) is 0 Å². The third-order valence-corrected chi connectivity index (χ3v) is 5.29. The molecule has 0 atom stereocenters. The van der Waals surface area contributed by atoms with Gasteiger partial charge in [0, 0.05) is 66.4 Å². The van der Waals surface area contributed by atoms with Crippen LogP contribution in [0.15, 0.2) is 10.4 Å². The maximum absolute atomic E-state index is 11.9. The lowest BCUT2D eigenvalue weighted by atomic mass is 10.3. The van der Waals surface area contributed by atoms with Crippen molar-refractivity contribution in [2.75, 3.05) is 79.0 Å². The number of halogens is 1. The molecule has 0 radical (unpaired) electrons. The summed E-state index contributed by atoms with van der Waals surface area (Å²) in [7, 11) is 7.41. The Bertz CT molecular complexity index is 618. The lowest BCUT2D eigenvalue weighted by molar-refractivity contribution is -0.122. The van der Waals surface area contributed by atoms with Crippen LogP contribution >= 0.6 is 35.3 Å². The molecular formula is C17H32IN7O2S. The fourth-order valence-electron chi connectivity index (χ4n) is 2.75. The first-order valence-corrected chi connectivity index (χ1v) is 9.96. The van der Waals surface area contributed by atoms with Crippen LogP contribution in [0.4, 0.5) is 5.13 Å². The number of piperazine rings is 1. The molecule has 9 nitrogen and oxygen atoms in total. The zero-order valence-corrected chi connectivity index (χ0v) is 20.3. The number of aromatic nitrogens is 1. The van der Waals surface area contributed by atoms with Gasteiger partial charge in [0.05, 0.1) is 25.4 Å². The van der Waals surface area contributed by atoms with E-state index in [4.69, 9.17) is 4.74 Å². The summed E-state index contributed by atoms with van der Waals surface area (Å²) in [5.41, 5.74) is 1.01. The van der Waals surface area contributed by atoms with E-state index in [0.717, 1.165) is 43.0 Å². The largest absolute Gasteiger partial charge is 0.383 e. The summed E-state index contributed by atoms with van der Waals surface area (Å²) >= 11 is 1.63. The average molecular weight is 525 g/mol. The van der Waals surface area contributed by atoms with Gasteiger partial charge in [-0.25, -0.2) is 4.98 Å². The molecule has 1 fully saturated rings. The number of nitrogens with zero attached hydrogens (tertiary/aromatic N) is 5. The zero-order valence-electron chi connectivity index (χ0n) is 17.1. The Hall–Kier alpha value is -1.18. The molecule has 1 saturated heterocycles. The Morgan fingerprint density at radius 3 is 2.61 bits per heavy atom. The van der Waals surface area contributed by atoms with Gasteiger partial charge in [0.15, 0.2) is 11.1 Å². The number of thiazole rings is 1. The Morgan fingerprint density at radius 1 is 1.32 bits per heavy atom. The number of anilines is 1. The van der Waals surface area contributed by atoms with Crippen LogP contribution in [0.2, 0.25) is 0 Å². The fraction of sp³-hybridized carbons (Fsp3) is 0.706. The molecule has 1 amide bonds. The number of guanidine groups is 1. The molecule has 11 heteroatoms. The normalized spacial score (nSPS) is 15.1. The average Bonchev–Trinajstić information content (AvgIpc) is 3.13. The minimum Gasteiger partial charge on any atom is -0.383 e. The van der Waals surface area contributed by atoms with Crippen molar-refractivity contribution in [3.63, 3.8) is 0 Å². The van der Waals surface area contributed by atoms with Gasteiger partial charge in [0.2, 0.25) is 5.91 Å². The van der Waals surface area contributed by atoms with E-state index in [1.165, 1.54) is 0 Å². The molecule has 0 saturated carbocycles. The van der Waals surface area contributed by atoms with E-state index in [0.29, 0.717) is 26.2 Å². The van der Waals surface area contributed by atoms with Crippen molar-refractivity contribution >= 4 is 52.3 Å². The predicted octanol–water partition coefficient (Wildman–Crippen LogP) is 0.283. The zero-order chi connectivity index (χ0) is 19.6. The van der Waals surface area contributed by atoms with Gasteiger partial charge < -0.3 is 25.2 Å². The van der Waals surface area contributed by atoms with Crippen molar-refractivity contribution in [2.24, 2.45) is 4.99 Å². The predicted molar refractivity (Wildman–Crippen MR) is 125 cm³/mol. The molecule has 1 aromatic rings. The van der Waals surface area contributed by atoms with Crippen LogP contribution in [0.1, 0.15) is 5.69 Å². The standard InChI is InChI=1S/C17H31N7O2S.HI/c1-18-16(20-11-14-13-27-17(21-14)22(2)3)24-8-6-23(7-9-24)12-15(25)19-5-10-26-4;/h13H,5-12H2,1-4H3,(H,18,20)(H,19,25);1H. The van der Waals surface area contributed by atoms with Gasteiger partial charge >= 0.3 is 0 Å². The number of carbonyl (C=O) groups is 1. The van der Waals surface area contributed by atoms with E-state index in [2.05, 4.69) is 35.8 Å². The van der Waals surface area contributed by atoms with E-state index in [1.54, 1.807) is 25.5 Å². The summed E-state index contributed by atoms with van der Waals surface area (Å²) in [6.07, 6.45) is 0. The molecule has 1 aliphatic heterocycles. The molecule has 0 unspecified atom stereocenters. The van der Waals surface area contributed by atoms with E-state index >= 15 is 0 Å². The molecule has 1 aliphatic rings. The first kappa shape index (κ1) is 24.9. The number of aliphatic imine (C=N–C) groups is 1. The highest BCUT2D eigenvalue weighted by atomic mass is 127. The van der Waals surface area contributed by atoms with Crippen molar-refractivity contribution < 1.29 is 9.53 Å². The third kappa shape index (κ3) is 8.05. The highest BCUT2D eigenvalue weighted by Crippen LogP contribution is 2.17. The van der Waals surface area contributed by atoms with Gasteiger partial charge in [0.25, 0.3) is 0 Å². The highest BCUT2D eigenvalue weighted by molar-refractivity contribution is 14.0. The van der Waals surface area contributed by atoms with Gasteiger partial charge in [-0.1, -0.05) is 0 Å². The molecule has 2 heterocycles. The number of carbonyl (C=O) groups excluding carboxylic acids is 1. The molecule has 2 rings (SSSR count). The summed E-state index contributed by atoms with van der Waals surface area (Å²) in [5, 5.41) is 9.31. The SMILES string of the molecule is CN=C(NCc1csc(N(C)C)n1)N1CCN(CC(=O)NCCOC)CC1.I. The molecule has 0 spiro atoms. The maximum atomic E-state index is 11.9. The maximum Gasteiger partial charge on any atom is 0.234 e. The Kier molecular flexibility index (Phi) is 11.6. The van der Waals surface area contributed by atoms with Crippen LogP contribution in [0, 0.1) is 0 Å². The number of nitrogens with one attached hydrogen (secondary N) is 2. The highest BCUT2D eigenvalue weighted by Gasteiger charge is 2.21. The summed E-state index contributed by atoms with van der Waals surface area (Å²) in [6.45, 7) is 5.51. The van der Waals surface area contributed by atoms with Crippen molar-refractivity contribution in [1.29, 1.82) is 0 Å². The lowest BCUT2D eigenvalue weighted by Crippen LogP contribution is -2.54. The van der Waals surface area contributed by atoms with Crippen LogP contribution in [-0.2, 0) is 16.1 Å². The third-order valence-electron chi connectivity index (χ3n) is 4.23. The molecule has 28 heavy (non-hydrogen) atoms. The van der Waals surface area contributed by atoms with Gasteiger partial charge in [0.1, 0.15) is 0 Å². The number of amides is 1. The minimum atomic E-state index is 0. The van der Waals surface area contributed by atoms with Gasteiger partial charge in [-0.2, -0.15) is 0 Å². The van der Waals surface area contributed by atoms with Gasteiger partial charge in [-0.05, 0) is 0 Å². The summed E-state index contributed by atoms with van der Waals surface area (Å²) in [5.74, 6) is 0.918. The molecule has 2 N–H and O–H groups in total. The van der Waals surface area contributed by atoms with Gasteiger partial charge in [-0.15, -0.1) is 35.3 Å². The van der Waals surface area contributed by atoms with E-state index in [1.807, 2.05) is 19.0 Å². The first-order valence-electron chi connectivity index (χ1n) is 9.08. The lowest BCUT2D eigenvalue weighted by Gasteiger charge is -2.36. The number of hydrogen-bond acceptors (Lipinski definition) is 7. The van der Waals surface area contributed by atoms with E-state index < -0.39 is 0 Å². The number of rotatable bonds is 8.